The van der Waals surface area contributed by atoms with Gasteiger partial charge in [0.2, 0.25) is 5.91 Å². The number of anilines is 2. The lowest BCUT2D eigenvalue weighted by molar-refractivity contribution is -0.115. The van der Waals surface area contributed by atoms with Crippen LogP contribution in [0.4, 0.5) is 11.5 Å². The second-order valence-electron chi connectivity index (χ2n) is 7.11. The van der Waals surface area contributed by atoms with Crippen LogP contribution in [-0.2, 0) is 11.2 Å². The van der Waals surface area contributed by atoms with Crippen molar-refractivity contribution in [3.05, 3.63) is 47.7 Å². The molecule has 0 radical (unpaired) electrons. The molecule has 1 saturated heterocycles. The molecule has 3 heterocycles. The Morgan fingerprint density at radius 2 is 2.00 bits per heavy atom. The van der Waals surface area contributed by atoms with E-state index >= 15 is 0 Å². The zero-order valence-electron chi connectivity index (χ0n) is 15.2. The van der Waals surface area contributed by atoms with E-state index in [0.717, 1.165) is 44.1 Å². The van der Waals surface area contributed by atoms with Crippen LogP contribution in [0.5, 0.6) is 0 Å². The minimum Gasteiger partial charge on any atom is -0.354 e. The summed E-state index contributed by atoms with van der Waals surface area (Å²) in [5, 5.41) is 2.96. The average Bonchev–Trinajstić information content (AvgIpc) is 3.06. The third-order valence-corrected chi connectivity index (χ3v) is 6.33. The van der Waals surface area contributed by atoms with E-state index < -0.39 is 0 Å². The number of hydrogen-bond acceptors (Lipinski definition) is 5. The van der Waals surface area contributed by atoms with Gasteiger partial charge in [0.05, 0.1) is 17.1 Å². The number of pyridine rings is 1. The first-order valence-corrected chi connectivity index (χ1v) is 9.93. The molecule has 6 heteroatoms. The number of likely N-dealkylation sites (N-methyl/N-ethyl adjacent to an activating group) is 1. The van der Waals surface area contributed by atoms with Gasteiger partial charge < -0.3 is 15.1 Å². The van der Waals surface area contributed by atoms with Crippen LogP contribution in [0.1, 0.15) is 11.1 Å². The zero-order valence-corrected chi connectivity index (χ0v) is 16.1. The van der Waals surface area contributed by atoms with Crippen molar-refractivity contribution in [3.63, 3.8) is 0 Å². The lowest BCUT2D eigenvalue weighted by Crippen LogP contribution is -2.44. The van der Waals surface area contributed by atoms with Gasteiger partial charge in [-0.15, -0.1) is 11.8 Å². The molecule has 26 heavy (non-hydrogen) atoms. The van der Waals surface area contributed by atoms with E-state index in [1.54, 1.807) is 18.0 Å². The normalized spacial score (nSPS) is 20.1. The molecule has 136 valence electrons. The minimum atomic E-state index is -0.0656. The summed E-state index contributed by atoms with van der Waals surface area (Å²) in [5.41, 5.74) is 3.27. The Bertz CT molecular complexity index is 800. The average molecular weight is 369 g/mol. The summed E-state index contributed by atoms with van der Waals surface area (Å²) in [4.78, 5) is 23.0. The standard InChI is InChI=1S/C20H24N4OS/c1-14-3-4-15-12-18(26-17(15)11-14)20(25)22-16-5-6-19(21-13-16)24-9-7-23(2)8-10-24/h3-6,11,13,18H,7-10,12H2,1-2H3,(H,22,25). The molecule has 1 unspecified atom stereocenters. The highest BCUT2D eigenvalue weighted by Crippen LogP contribution is 2.38. The largest absolute Gasteiger partial charge is 0.354 e. The van der Waals surface area contributed by atoms with Crippen LogP contribution in [0, 0.1) is 6.92 Å². The van der Waals surface area contributed by atoms with E-state index in [0.29, 0.717) is 0 Å². The first-order valence-electron chi connectivity index (χ1n) is 9.05. The van der Waals surface area contributed by atoms with Crippen LogP contribution >= 0.6 is 11.8 Å². The van der Waals surface area contributed by atoms with Crippen molar-refractivity contribution in [1.29, 1.82) is 0 Å². The fraction of sp³-hybridized carbons (Fsp3) is 0.400. The zero-order chi connectivity index (χ0) is 18.1. The molecule has 1 aromatic carbocycles. The molecule has 0 spiro atoms. The third kappa shape index (κ3) is 3.71. The monoisotopic (exact) mass is 368 g/mol. The van der Waals surface area contributed by atoms with Crippen molar-refractivity contribution in [2.75, 3.05) is 43.4 Å². The number of nitrogens with zero attached hydrogens (tertiary/aromatic N) is 3. The van der Waals surface area contributed by atoms with Gasteiger partial charge >= 0.3 is 0 Å². The van der Waals surface area contributed by atoms with E-state index in [-0.39, 0.29) is 11.2 Å². The Morgan fingerprint density at radius 3 is 2.73 bits per heavy atom. The van der Waals surface area contributed by atoms with Crippen molar-refractivity contribution in [1.82, 2.24) is 9.88 Å². The maximum absolute atomic E-state index is 12.6. The SMILES string of the molecule is Cc1ccc2c(c1)SC(C(=O)Nc1ccc(N3CCN(C)CC3)nc1)C2. The Balaban J connectivity index is 1.36. The number of nitrogens with one attached hydrogen (secondary N) is 1. The number of fused-ring (bicyclic) bond motifs is 1. The van der Waals surface area contributed by atoms with E-state index in [4.69, 9.17) is 0 Å². The molecule has 2 aliphatic rings. The van der Waals surface area contributed by atoms with Crippen molar-refractivity contribution in [2.24, 2.45) is 0 Å². The number of aryl methyl sites for hydroxylation is 1. The molecule has 1 fully saturated rings. The van der Waals surface area contributed by atoms with Gasteiger partial charge in [-0.05, 0) is 44.2 Å². The molecule has 5 nitrogen and oxygen atoms in total. The molecule has 0 aliphatic carbocycles. The molecule has 1 atom stereocenters. The summed E-state index contributed by atoms with van der Waals surface area (Å²) < 4.78 is 0. The molecule has 1 aromatic heterocycles. The van der Waals surface area contributed by atoms with Crippen LogP contribution < -0.4 is 10.2 Å². The lowest BCUT2D eigenvalue weighted by Gasteiger charge is -2.33. The molecule has 0 saturated carbocycles. The Kier molecular flexibility index (Phi) is 4.87. The first kappa shape index (κ1) is 17.4. The van der Waals surface area contributed by atoms with E-state index in [2.05, 4.69) is 52.3 Å². The van der Waals surface area contributed by atoms with Gasteiger partial charge in [-0.3, -0.25) is 4.79 Å². The Morgan fingerprint density at radius 1 is 1.19 bits per heavy atom. The van der Waals surface area contributed by atoms with Crippen molar-refractivity contribution in [2.45, 2.75) is 23.5 Å². The van der Waals surface area contributed by atoms with Gasteiger partial charge in [0.25, 0.3) is 0 Å². The number of amides is 1. The number of aromatic nitrogens is 1. The summed E-state index contributed by atoms with van der Waals surface area (Å²) in [6.45, 7) is 6.18. The van der Waals surface area contributed by atoms with Gasteiger partial charge in [-0.25, -0.2) is 4.98 Å². The Labute approximate surface area is 158 Å². The van der Waals surface area contributed by atoms with E-state index in [1.807, 2.05) is 12.1 Å². The number of benzene rings is 1. The molecule has 1 N–H and O–H groups in total. The number of thioether (sulfide) groups is 1. The Hall–Kier alpha value is -2.05. The molecule has 2 aliphatic heterocycles. The fourth-order valence-electron chi connectivity index (χ4n) is 3.39. The maximum atomic E-state index is 12.6. The van der Waals surface area contributed by atoms with Crippen LogP contribution in [-0.4, -0.2) is 54.3 Å². The predicted octanol–water partition coefficient (Wildman–Crippen LogP) is 2.80. The molecular weight excluding hydrogens is 344 g/mol. The minimum absolute atomic E-state index is 0.0537. The van der Waals surface area contributed by atoms with Crippen LogP contribution in [0.15, 0.2) is 41.4 Å². The molecule has 1 amide bonds. The second-order valence-corrected chi connectivity index (χ2v) is 8.35. The van der Waals surface area contributed by atoms with Gasteiger partial charge in [0, 0.05) is 31.1 Å². The molecule has 0 bridgehead atoms. The number of hydrogen-bond donors (Lipinski definition) is 1. The lowest BCUT2D eigenvalue weighted by atomic mass is 10.1. The van der Waals surface area contributed by atoms with Crippen LogP contribution in [0.3, 0.4) is 0 Å². The highest BCUT2D eigenvalue weighted by Gasteiger charge is 2.28. The van der Waals surface area contributed by atoms with Gasteiger partial charge in [-0.1, -0.05) is 17.7 Å². The van der Waals surface area contributed by atoms with Gasteiger partial charge in [0.15, 0.2) is 0 Å². The summed E-state index contributed by atoms with van der Waals surface area (Å²) in [6, 6.07) is 10.4. The number of rotatable bonds is 3. The first-order chi connectivity index (χ1) is 12.6. The summed E-state index contributed by atoms with van der Waals surface area (Å²) >= 11 is 1.66. The van der Waals surface area contributed by atoms with Gasteiger partial charge in [0.1, 0.15) is 5.82 Å². The quantitative estimate of drug-likeness (QED) is 0.903. The fourth-order valence-corrected chi connectivity index (χ4v) is 4.68. The molecule has 4 rings (SSSR count). The third-order valence-electron chi connectivity index (χ3n) is 5.03. The number of carbonyl (C=O) groups is 1. The highest BCUT2D eigenvalue weighted by molar-refractivity contribution is 8.01. The van der Waals surface area contributed by atoms with E-state index in [1.165, 1.54) is 16.0 Å². The molecular formula is C20H24N4OS. The van der Waals surface area contributed by atoms with E-state index in [9.17, 15) is 4.79 Å². The maximum Gasteiger partial charge on any atom is 0.238 e. The summed E-state index contributed by atoms with van der Waals surface area (Å²) in [5.74, 6) is 1.03. The number of carbonyl (C=O) groups excluding carboxylic acids is 1. The van der Waals surface area contributed by atoms with Crippen molar-refractivity contribution >= 4 is 29.2 Å². The van der Waals surface area contributed by atoms with Crippen molar-refractivity contribution < 1.29 is 4.79 Å². The highest BCUT2D eigenvalue weighted by atomic mass is 32.2. The summed E-state index contributed by atoms with van der Waals surface area (Å²) in [7, 11) is 2.14. The topological polar surface area (TPSA) is 48.5 Å². The predicted molar refractivity (Wildman–Crippen MR) is 107 cm³/mol. The van der Waals surface area contributed by atoms with Crippen molar-refractivity contribution in [3.8, 4) is 0 Å². The number of piperazine rings is 1. The van der Waals surface area contributed by atoms with Crippen LogP contribution in [0.2, 0.25) is 0 Å². The van der Waals surface area contributed by atoms with Gasteiger partial charge in [-0.2, -0.15) is 0 Å². The van der Waals surface area contributed by atoms with Crippen LogP contribution in [0.25, 0.3) is 0 Å². The smallest absolute Gasteiger partial charge is 0.238 e. The summed E-state index contributed by atoms with van der Waals surface area (Å²) in [6.07, 6.45) is 2.56. The molecule has 2 aromatic rings. The second kappa shape index (κ2) is 7.29.